The Labute approximate surface area is 346 Å². The van der Waals surface area contributed by atoms with Gasteiger partial charge in [-0.3, -0.25) is 14.4 Å². The largest absolute Gasteiger partial charge is 0.453 e. The Morgan fingerprint density at radius 3 is 2.25 bits per heavy atom. The van der Waals surface area contributed by atoms with Crippen molar-refractivity contribution in [3.63, 3.8) is 0 Å². The van der Waals surface area contributed by atoms with E-state index in [1.165, 1.54) is 4.90 Å². The molecule has 4 aliphatic rings. The number of fused-ring (bicyclic) bond motifs is 3. The molecule has 1 amide bonds. The molecule has 3 fully saturated rings. The van der Waals surface area contributed by atoms with Crippen LogP contribution in [0.3, 0.4) is 0 Å². The van der Waals surface area contributed by atoms with Crippen LogP contribution in [0, 0.1) is 35.5 Å². The SMILES string of the molecule is CC[C@@H]1/C=C(\C)C[C@H](C)C[C@H](OC)[C@H]2C[C@@](O)(C(=O)C(=O)N3CCCC[C@H]3C(=O)O[C@](C)(/C(C)=C/[C@@H]3CC[C@H](Cl)[C@H](OC)C3)[C@H](C)[C@@H](O)CC1=O)[C@H](C)C[C@@H]2OC. The summed E-state index contributed by atoms with van der Waals surface area (Å²) in [5.41, 5.74) is -1.64. The second kappa shape index (κ2) is 20.4. The standard InChI is InChI=1S/C45H72ClNO10/c1-11-32-19-26(2)18-27(3)20-38(54-8)33-25-45(53,29(5)22-39(33)55-9)41(50)42(51)47-17-13-12-14-35(47)43(52)57-44(7,30(6)36(48)24-37(32)49)28(4)21-31-15-16-34(46)40(23-31)56-10/h19,21,27,29-36,38-40,48,53H,11-18,20,22-25H2,1-10H3/b26-19+,28-21+/t27-,29+,30+,31-,32+,33+,34-,35-,36-,38-,39-,40+,44+,45-/m0/s1. The highest BCUT2D eigenvalue weighted by Crippen LogP contribution is 2.44. The summed E-state index contributed by atoms with van der Waals surface area (Å²) in [4.78, 5) is 58.5. The lowest BCUT2D eigenvalue weighted by atomic mass is 9.65. The van der Waals surface area contributed by atoms with E-state index in [0.717, 1.165) is 18.4 Å². The number of amides is 1. The van der Waals surface area contributed by atoms with Gasteiger partial charge in [-0.25, -0.2) is 4.79 Å². The van der Waals surface area contributed by atoms with E-state index in [-0.39, 0.29) is 73.0 Å². The average molecular weight is 823 g/mol. The summed E-state index contributed by atoms with van der Waals surface area (Å²) < 4.78 is 24.2. The van der Waals surface area contributed by atoms with Gasteiger partial charge in [0.1, 0.15) is 23.0 Å². The van der Waals surface area contributed by atoms with E-state index in [1.54, 1.807) is 42.1 Å². The molecule has 14 atom stereocenters. The fourth-order valence-corrected chi connectivity index (χ4v) is 10.5. The predicted octanol–water partition coefficient (Wildman–Crippen LogP) is 6.77. The third-order valence-corrected chi connectivity index (χ3v) is 14.8. The van der Waals surface area contributed by atoms with Gasteiger partial charge in [0.15, 0.2) is 0 Å². The summed E-state index contributed by atoms with van der Waals surface area (Å²) in [6.07, 6.45) is 7.84. The topological polar surface area (TPSA) is 149 Å². The van der Waals surface area contributed by atoms with Crippen LogP contribution in [0.2, 0.25) is 0 Å². The lowest BCUT2D eigenvalue weighted by molar-refractivity contribution is -0.180. The Kier molecular flexibility index (Phi) is 17.0. The van der Waals surface area contributed by atoms with Gasteiger partial charge in [0.05, 0.1) is 29.8 Å². The van der Waals surface area contributed by atoms with Crippen molar-refractivity contribution >= 4 is 35.0 Å². The molecule has 0 aromatic rings. The summed E-state index contributed by atoms with van der Waals surface area (Å²) in [6, 6.07) is -1.08. The van der Waals surface area contributed by atoms with E-state index < -0.39 is 58.8 Å². The van der Waals surface area contributed by atoms with Gasteiger partial charge >= 0.3 is 5.97 Å². The highest BCUT2D eigenvalue weighted by atomic mass is 35.5. The van der Waals surface area contributed by atoms with Crippen LogP contribution in [-0.2, 0) is 38.1 Å². The maximum Gasteiger partial charge on any atom is 0.329 e. The summed E-state index contributed by atoms with van der Waals surface area (Å²) >= 11 is 6.56. The minimum absolute atomic E-state index is 0.0281. The third kappa shape index (κ3) is 10.8. The van der Waals surface area contributed by atoms with Gasteiger partial charge in [0, 0.05) is 52.0 Å². The monoisotopic (exact) mass is 821 g/mol. The van der Waals surface area contributed by atoms with E-state index >= 15 is 0 Å². The van der Waals surface area contributed by atoms with Gasteiger partial charge < -0.3 is 34.1 Å². The normalized spacial score (nSPS) is 42.4. The molecule has 324 valence electrons. The number of hydrogen-bond acceptors (Lipinski definition) is 10. The van der Waals surface area contributed by atoms with E-state index in [2.05, 4.69) is 13.0 Å². The molecule has 0 spiro atoms. The molecule has 4 rings (SSSR count). The van der Waals surface area contributed by atoms with Gasteiger partial charge in [-0.15, -0.1) is 11.6 Å². The molecule has 2 N–H and O–H groups in total. The molecule has 2 aliphatic carbocycles. The molecule has 1 saturated heterocycles. The maximum absolute atomic E-state index is 14.5. The first-order valence-corrected chi connectivity index (χ1v) is 21.9. The van der Waals surface area contributed by atoms with Crippen LogP contribution in [0.15, 0.2) is 23.3 Å². The number of cyclic esters (lactones) is 1. The fraction of sp³-hybridized carbons (Fsp3) is 0.822. The highest BCUT2D eigenvalue weighted by molar-refractivity contribution is 6.39. The van der Waals surface area contributed by atoms with Crippen LogP contribution < -0.4 is 0 Å². The minimum atomic E-state index is -2.00. The first-order chi connectivity index (χ1) is 26.8. The molecule has 57 heavy (non-hydrogen) atoms. The summed E-state index contributed by atoms with van der Waals surface area (Å²) in [5, 5.41) is 24.0. The maximum atomic E-state index is 14.5. The Balaban J connectivity index is 1.80. The van der Waals surface area contributed by atoms with E-state index in [1.807, 2.05) is 26.8 Å². The molecule has 0 aromatic carbocycles. The number of aliphatic hydroxyl groups excluding tert-OH is 1. The van der Waals surface area contributed by atoms with Crippen LogP contribution in [0.25, 0.3) is 0 Å². The number of methoxy groups -OCH3 is 3. The Bertz CT molecular complexity index is 1480. The molecule has 2 bridgehead atoms. The molecule has 0 aromatic heterocycles. The Hall–Kier alpha value is -2.15. The molecule has 11 nitrogen and oxygen atoms in total. The molecular weight excluding hydrogens is 750 g/mol. The van der Waals surface area contributed by atoms with Crippen molar-refractivity contribution in [2.24, 2.45) is 35.5 Å². The zero-order valence-corrected chi connectivity index (χ0v) is 37.0. The van der Waals surface area contributed by atoms with Crippen molar-refractivity contribution in [1.29, 1.82) is 0 Å². The van der Waals surface area contributed by atoms with Gasteiger partial charge in [0.25, 0.3) is 11.7 Å². The summed E-state index contributed by atoms with van der Waals surface area (Å²) in [6.45, 7) is 13.4. The number of hydrogen-bond donors (Lipinski definition) is 2. The lowest BCUT2D eigenvalue weighted by Gasteiger charge is -2.47. The number of nitrogens with zero attached hydrogens (tertiary/aromatic N) is 1. The Morgan fingerprint density at radius 1 is 0.965 bits per heavy atom. The zero-order valence-electron chi connectivity index (χ0n) is 36.3. The van der Waals surface area contributed by atoms with E-state index in [4.69, 9.17) is 30.5 Å². The molecule has 2 aliphatic heterocycles. The summed E-state index contributed by atoms with van der Waals surface area (Å²) in [5.74, 6) is -4.56. The number of allylic oxidation sites excluding steroid dienone is 3. The summed E-state index contributed by atoms with van der Waals surface area (Å²) in [7, 11) is 4.88. The molecular formula is C45H72ClNO10. The number of esters is 1. The molecule has 0 unspecified atom stereocenters. The van der Waals surface area contributed by atoms with Crippen molar-refractivity contribution in [3.05, 3.63) is 23.3 Å². The van der Waals surface area contributed by atoms with Crippen LogP contribution >= 0.6 is 11.6 Å². The van der Waals surface area contributed by atoms with Crippen molar-refractivity contribution in [3.8, 4) is 0 Å². The first kappa shape index (κ1) is 47.5. The van der Waals surface area contributed by atoms with Gasteiger partial charge in [-0.2, -0.15) is 0 Å². The van der Waals surface area contributed by atoms with E-state index in [0.29, 0.717) is 50.5 Å². The van der Waals surface area contributed by atoms with Gasteiger partial charge in [-0.1, -0.05) is 45.4 Å². The highest BCUT2D eigenvalue weighted by Gasteiger charge is 2.55. The number of ether oxygens (including phenoxy) is 4. The predicted molar refractivity (Wildman–Crippen MR) is 220 cm³/mol. The molecule has 0 radical (unpaired) electrons. The van der Waals surface area contributed by atoms with Crippen molar-refractivity contribution < 1.29 is 48.3 Å². The number of ketones is 2. The number of Topliss-reactive ketones (excluding diaryl/α,β-unsaturated/α-hetero) is 2. The first-order valence-electron chi connectivity index (χ1n) is 21.4. The Morgan fingerprint density at radius 2 is 1.61 bits per heavy atom. The number of rotatable bonds is 6. The lowest BCUT2D eigenvalue weighted by Crippen LogP contribution is -2.62. The van der Waals surface area contributed by atoms with Crippen molar-refractivity contribution in [1.82, 2.24) is 4.90 Å². The van der Waals surface area contributed by atoms with Crippen LogP contribution in [0.5, 0.6) is 0 Å². The van der Waals surface area contributed by atoms with Crippen LogP contribution in [0.4, 0.5) is 0 Å². The molecule has 2 heterocycles. The van der Waals surface area contributed by atoms with E-state index in [9.17, 15) is 29.4 Å². The molecule has 2 saturated carbocycles. The second-order valence-electron chi connectivity index (χ2n) is 18.2. The minimum Gasteiger partial charge on any atom is -0.453 e. The van der Waals surface area contributed by atoms with Crippen molar-refractivity contribution in [2.75, 3.05) is 27.9 Å². The van der Waals surface area contributed by atoms with Gasteiger partial charge in [0.2, 0.25) is 0 Å². The third-order valence-electron chi connectivity index (χ3n) is 14.3. The quantitative estimate of drug-likeness (QED) is 0.127. The number of carbonyl (C=O) groups excluding carboxylic acids is 4. The number of aliphatic hydroxyl groups is 2. The number of carbonyl (C=O) groups is 4. The zero-order chi connectivity index (χ0) is 42.4. The number of alkyl halides is 1. The van der Waals surface area contributed by atoms with Crippen LogP contribution in [-0.4, -0.2) is 113 Å². The number of piperidine rings is 1. The fourth-order valence-electron chi connectivity index (χ4n) is 10.2. The average Bonchev–Trinajstić information content (AvgIpc) is 3.18. The second-order valence-corrected chi connectivity index (χ2v) is 18.7. The van der Waals surface area contributed by atoms with Gasteiger partial charge in [-0.05, 0) is 115 Å². The van der Waals surface area contributed by atoms with Crippen LogP contribution in [0.1, 0.15) is 126 Å². The van der Waals surface area contributed by atoms with Crippen molar-refractivity contribution in [2.45, 2.75) is 173 Å². The smallest absolute Gasteiger partial charge is 0.329 e. The number of halogens is 1. The molecule has 12 heteroatoms.